The van der Waals surface area contributed by atoms with Gasteiger partial charge in [0.15, 0.2) is 0 Å². The second-order valence-electron chi connectivity index (χ2n) is 5.66. The summed E-state index contributed by atoms with van der Waals surface area (Å²) in [4.78, 5) is 11.3. The van der Waals surface area contributed by atoms with E-state index in [9.17, 15) is 4.39 Å². The van der Waals surface area contributed by atoms with Crippen LogP contribution < -0.4 is 10.2 Å². The third-order valence-corrected chi connectivity index (χ3v) is 3.89. The lowest BCUT2D eigenvalue weighted by Crippen LogP contribution is -2.20. The minimum absolute atomic E-state index is 0.196. The summed E-state index contributed by atoms with van der Waals surface area (Å²) in [5.74, 6) is 2.46. The molecular weight excluding hydrogens is 279 g/mol. The number of nitrogens with zero attached hydrogens (tertiary/aromatic N) is 3. The van der Waals surface area contributed by atoms with Crippen LogP contribution in [0.15, 0.2) is 30.3 Å². The molecule has 1 saturated heterocycles. The number of benzene rings is 1. The lowest BCUT2D eigenvalue weighted by atomic mass is 10.1. The van der Waals surface area contributed by atoms with Gasteiger partial charge in [-0.1, -0.05) is 12.1 Å². The van der Waals surface area contributed by atoms with Crippen LogP contribution in [0.3, 0.4) is 0 Å². The van der Waals surface area contributed by atoms with Gasteiger partial charge in [-0.05, 0) is 43.9 Å². The molecular formula is C17H21FN4. The molecule has 2 aromatic rings. The zero-order valence-electron chi connectivity index (χ0n) is 12.8. The number of aromatic nitrogens is 2. The predicted octanol–water partition coefficient (Wildman–Crippen LogP) is 3.18. The van der Waals surface area contributed by atoms with Gasteiger partial charge < -0.3 is 10.2 Å². The monoisotopic (exact) mass is 300 g/mol. The first kappa shape index (κ1) is 14.8. The van der Waals surface area contributed by atoms with E-state index in [1.165, 1.54) is 25.0 Å². The average molecular weight is 300 g/mol. The van der Waals surface area contributed by atoms with Crippen LogP contribution in [0.4, 0.5) is 16.0 Å². The lowest BCUT2D eigenvalue weighted by molar-refractivity contribution is 0.627. The van der Waals surface area contributed by atoms with Gasteiger partial charge in [-0.25, -0.2) is 14.4 Å². The Labute approximate surface area is 130 Å². The summed E-state index contributed by atoms with van der Waals surface area (Å²) >= 11 is 0. The van der Waals surface area contributed by atoms with Crippen molar-refractivity contribution >= 4 is 11.6 Å². The first-order valence-electron chi connectivity index (χ1n) is 7.80. The van der Waals surface area contributed by atoms with E-state index in [2.05, 4.69) is 20.2 Å². The van der Waals surface area contributed by atoms with E-state index in [0.29, 0.717) is 0 Å². The Hall–Kier alpha value is -2.17. The molecule has 1 aromatic heterocycles. The zero-order chi connectivity index (χ0) is 15.4. The standard InChI is InChI=1S/C17H21FN4/c1-13-20-16(12-17(21-13)22-10-2-3-11-22)19-9-8-14-4-6-15(18)7-5-14/h4-7,12H,2-3,8-11H2,1H3,(H,19,20,21). The van der Waals surface area contributed by atoms with Crippen molar-refractivity contribution in [1.29, 1.82) is 0 Å². The molecule has 0 atom stereocenters. The van der Waals surface area contributed by atoms with Crippen LogP contribution in [0.1, 0.15) is 24.2 Å². The zero-order valence-corrected chi connectivity index (χ0v) is 12.8. The van der Waals surface area contributed by atoms with Crippen LogP contribution in [0.2, 0.25) is 0 Å². The van der Waals surface area contributed by atoms with Crippen molar-refractivity contribution in [3.63, 3.8) is 0 Å². The molecule has 0 radical (unpaired) electrons. The summed E-state index contributed by atoms with van der Waals surface area (Å²) in [6, 6.07) is 8.64. The summed E-state index contributed by atoms with van der Waals surface area (Å²) in [7, 11) is 0. The van der Waals surface area contributed by atoms with Crippen molar-refractivity contribution in [2.45, 2.75) is 26.2 Å². The molecule has 0 saturated carbocycles. The molecule has 116 valence electrons. The summed E-state index contributed by atoms with van der Waals surface area (Å²) in [5, 5.41) is 3.34. The highest BCUT2D eigenvalue weighted by Gasteiger charge is 2.14. The van der Waals surface area contributed by atoms with Crippen LogP contribution >= 0.6 is 0 Å². The van der Waals surface area contributed by atoms with Crippen LogP contribution in [0, 0.1) is 12.7 Å². The van der Waals surface area contributed by atoms with E-state index >= 15 is 0 Å². The molecule has 1 N–H and O–H groups in total. The van der Waals surface area contributed by atoms with Crippen molar-refractivity contribution in [1.82, 2.24) is 9.97 Å². The first-order valence-corrected chi connectivity index (χ1v) is 7.80. The second kappa shape index (κ2) is 6.73. The average Bonchev–Trinajstić information content (AvgIpc) is 3.03. The molecule has 0 bridgehead atoms. The second-order valence-corrected chi connectivity index (χ2v) is 5.66. The fourth-order valence-corrected chi connectivity index (χ4v) is 2.74. The van der Waals surface area contributed by atoms with Crippen molar-refractivity contribution in [2.75, 3.05) is 29.9 Å². The summed E-state index contributed by atoms with van der Waals surface area (Å²) < 4.78 is 12.9. The molecule has 3 rings (SSSR count). The van der Waals surface area contributed by atoms with Gasteiger partial charge in [-0.3, -0.25) is 0 Å². The third kappa shape index (κ3) is 3.72. The highest BCUT2D eigenvalue weighted by atomic mass is 19.1. The molecule has 2 heterocycles. The minimum atomic E-state index is -0.196. The van der Waals surface area contributed by atoms with Crippen molar-refractivity contribution in [3.05, 3.63) is 47.5 Å². The number of hydrogen-bond donors (Lipinski definition) is 1. The molecule has 22 heavy (non-hydrogen) atoms. The van der Waals surface area contributed by atoms with Crippen molar-refractivity contribution in [2.24, 2.45) is 0 Å². The number of aryl methyl sites for hydroxylation is 1. The van der Waals surface area contributed by atoms with Crippen molar-refractivity contribution < 1.29 is 4.39 Å². The van der Waals surface area contributed by atoms with E-state index in [4.69, 9.17) is 0 Å². The molecule has 0 spiro atoms. The molecule has 0 amide bonds. The van der Waals surface area contributed by atoms with Gasteiger partial charge in [0.1, 0.15) is 23.3 Å². The van der Waals surface area contributed by atoms with Crippen molar-refractivity contribution in [3.8, 4) is 0 Å². The highest BCUT2D eigenvalue weighted by Crippen LogP contribution is 2.20. The largest absolute Gasteiger partial charge is 0.370 e. The Morgan fingerprint density at radius 3 is 2.59 bits per heavy atom. The van der Waals surface area contributed by atoms with Gasteiger partial charge >= 0.3 is 0 Å². The molecule has 0 aliphatic carbocycles. The Kier molecular flexibility index (Phi) is 4.51. The Bertz CT molecular complexity index is 621. The topological polar surface area (TPSA) is 41.1 Å². The van der Waals surface area contributed by atoms with Crippen LogP contribution in [0.25, 0.3) is 0 Å². The van der Waals surface area contributed by atoms with Crippen LogP contribution in [-0.4, -0.2) is 29.6 Å². The minimum Gasteiger partial charge on any atom is -0.370 e. The van der Waals surface area contributed by atoms with E-state index in [-0.39, 0.29) is 5.82 Å². The Balaban J connectivity index is 1.61. The van der Waals surface area contributed by atoms with E-state index in [0.717, 1.165) is 49.1 Å². The van der Waals surface area contributed by atoms with E-state index < -0.39 is 0 Å². The normalized spacial score (nSPS) is 14.4. The van der Waals surface area contributed by atoms with Gasteiger partial charge in [0.05, 0.1) is 0 Å². The fourth-order valence-electron chi connectivity index (χ4n) is 2.74. The fraction of sp³-hybridized carbons (Fsp3) is 0.412. The quantitative estimate of drug-likeness (QED) is 0.921. The molecule has 1 aliphatic rings. The molecule has 0 unspecified atom stereocenters. The molecule has 4 nitrogen and oxygen atoms in total. The van der Waals surface area contributed by atoms with Gasteiger partial charge in [-0.15, -0.1) is 0 Å². The molecule has 5 heteroatoms. The lowest BCUT2D eigenvalue weighted by Gasteiger charge is -2.17. The number of anilines is 2. The predicted molar refractivity (Wildman–Crippen MR) is 86.8 cm³/mol. The van der Waals surface area contributed by atoms with Crippen LogP contribution in [0.5, 0.6) is 0 Å². The van der Waals surface area contributed by atoms with Crippen LogP contribution in [-0.2, 0) is 6.42 Å². The number of halogens is 1. The Morgan fingerprint density at radius 1 is 1.14 bits per heavy atom. The van der Waals surface area contributed by atoms with E-state index in [1.807, 2.05) is 25.1 Å². The first-order chi connectivity index (χ1) is 10.7. The maximum atomic E-state index is 12.9. The number of hydrogen-bond acceptors (Lipinski definition) is 4. The summed E-state index contributed by atoms with van der Waals surface area (Å²) in [6.45, 7) is 4.84. The maximum absolute atomic E-state index is 12.9. The summed E-state index contributed by atoms with van der Waals surface area (Å²) in [6.07, 6.45) is 3.30. The van der Waals surface area contributed by atoms with Gasteiger partial charge in [0.25, 0.3) is 0 Å². The Morgan fingerprint density at radius 2 is 1.86 bits per heavy atom. The number of rotatable bonds is 5. The third-order valence-electron chi connectivity index (χ3n) is 3.89. The van der Waals surface area contributed by atoms with Gasteiger partial charge in [0, 0.05) is 25.7 Å². The van der Waals surface area contributed by atoms with Gasteiger partial charge in [0.2, 0.25) is 0 Å². The molecule has 1 aliphatic heterocycles. The SMILES string of the molecule is Cc1nc(NCCc2ccc(F)cc2)cc(N2CCCC2)n1. The highest BCUT2D eigenvalue weighted by molar-refractivity contribution is 5.50. The van der Waals surface area contributed by atoms with Gasteiger partial charge in [-0.2, -0.15) is 0 Å². The smallest absolute Gasteiger partial charge is 0.134 e. The summed E-state index contributed by atoms with van der Waals surface area (Å²) in [5.41, 5.74) is 1.11. The maximum Gasteiger partial charge on any atom is 0.134 e. The molecule has 1 aromatic carbocycles. The van der Waals surface area contributed by atoms with E-state index in [1.54, 1.807) is 0 Å². The molecule has 1 fully saturated rings. The number of nitrogens with one attached hydrogen (secondary N) is 1.